The molecule has 1 N–H and O–H groups in total. The SMILES string of the molecule is O=CNOCc1ccccc1[N+](=O)[O-]. The minimum Gasteiger partial charge on any atom is -0.277 e. The number of hydrogen-bond acceptors (Lipinski definition) is 4. The van der Waals surface area contributed by atoms with Crippen LogP contribution in [0.2, 0.25) is 0 Å². The molecule has 74 valence electrons. The zero-order valence-corrected chi connectivity index (χ0v) is 7.17. The number of carbonyl (C=O) groups is 1. The quantitative estimate of drug-likeness (QED) is 0.326. The molecule has 0 unspecified atom stereocenters. The van der Waals surface area contributed by atoms with Crippen molar-refractivity contribution in [3.05, 3.63) is 39.9 Å². The summed E-state index contributed by atoms with van der Waals surface area (Å²) >= 11 is 0. The lowest BCUT2D eigenvalue weighted by Gasteiger charge is -2.01. The molecule has 0 atom stereocenters. The van der Waals surface area contributed by atoms with Gasteiger partial charge in [-0.05, 0) is 6.07 Å². The first-order valence-electron chi connectivity index (χ1n) is 3.79. The van der Waals surface area contributed by atoms with Crippen LogP contribution in [0.15, 0.2) is 24.3 Å². The Bertz CT molecular complexity index is 340. The Hall–Kier alpha value is -1.95. The van der Waals surface area contributed by atoms with Gasteiger partial charge in [-0.15, -0.1) is 0 Å². The summed E-state index contributed by atoms with van der Waals surface area (Å²) in [5.74, 6) is 0. The van der Waals surface area contributed by atoms with Crippen LogP contribution in [-0.2, 0) is 16.2 Å². The number of hydrogen-bond donors (Lipinski definition) is 1. The number of nitro groups is 1. The number of benzene rings is 1. The van der Waals surface area contributed by atoms with Crippen LogP contribution in [0.1, 0.15) is 5.56 Å². The van der Waals surface area contributed by atoms with Gasteiger partial charge in [0.1, 0.15) is 6.61 Å². The Balaban J connectivity index is 2.74. The molecule has 0 aliphatic carbocycles. The second kappa shape index (κ2) is 4.93. The lowest BCUT2D eigenvalue weighted by molar-refractivity contribution is -0.386. The van der Waals surface area contributed by atoms with E-state index in [9.17, 15) is 14.9 Å². The maximum absolute atomic E-state index is 10.5. The van der Waals surface area contributed by atoms with E-state index in [-0.39, 0.29) is 12.3 Å². The van der Waals surface area contributed by atoms with Gasteiger partial charge in [-0.25, -0.2) is 5.48 Å². The number of nitrogens with zero attached hydrogens (tertiary/aromatic N) is 1. The molecule has 1 aromatic rings. The first-order chi connectivity index (χ1) is 6.75. The molecular weight excluding hydrogens is 188 g/mol. The number of para-hydroxylation sites is 1. The van der Waals surface area contributed by atoms with Gasteiger partial charge >= 0.3 is 0 Å². The van der Waals surface area contributed by atoms with Crippen LogP contribution in [0, 0.1) is 10.1 Å². The summed E-state index contributed by atoms with van der Waals surface area (Å²) in [6.45, 7) is -0.0319. The number of hydroxylamine groups is 1. The average Bonchev–Trinajstić information content (AvgIpc) is 2.19. The van der Waals surface area contributed by atoms with Crippen molar-refractivity contribution < 1.29 is 14.6 Å². The monoisotopic (exact) mass is 196 g/mol. The van der Waals surface area contributed by atoms with E-state index in [0.29, 0.717) is 12.0 Å². The number of amides is 1. The molecule has 1 aromatic carbocycles. The van der Waals surface area contributed by atoms with Gasteiger partial charge in [-0.1, -0.05) is 12.1 Å². The van der Waals surface area contributed by atoms with Crippen LogP contribution in [-0.4, -0.2) is 11.3 Å². The Morgan fingerprint density at radius 3 is 2.86 bits per heavy atom. The minimum atomic E-state index is -0.500. The highest BCUT2D eigenvalue weighted by atomic mass is 16.6. The highest BCUT2D eigenvalue weighted by molar-refractivity contribution is 5.44. The van der Waals surface area contributed by atoms with Gasteiger partial charge in [0.25, 0.3) is 5.69 Å². The van der Waals surface area contributed by atoms with E-state index in [1.54, 1.807) is 18.2 Å². The fourth-order valence-corrected chi connectivity index (χ4v) is 0.964. The molecule has 0 bridgehead atoms. The van der Waals surface area contributed by atoms with Crippen molar-refractivity contribution in [2.75, 3.05) is 0 Å². The zero-order valence-electron chi connectivity index (χ0n) is 7.17. The molecular formula is C8H8N2O4. The molecule has 0 aliphatic rings. The van der Waals surface area contributed by atoms with Gasteiger partial charge in [0.2, 0.25) is 6.41 Å². The Labute approximate surface area is 79.6 Å². The first-order valence-corrected chi connectivity index (χ1v) is 3.79. The molecule has 0 fully saturated rings. The average molecular weight is 196 g/mol. The zero-order chi connectivity index (χ0) is 10.4. The van der Waals surface area contributed by atoms with Gasteiger partial charge in [0.05, 0.1) is 10.5 Å². The predicted molar refractivity (Wildman–Crippen MR) is 47.1 cm³/mol. The molecule has 6 heteroatoms. The molecule has 1 rings (SSSR count). The van der Waals surface area contributed by atoms with Crippen LogP contribution in [0.5, 0.6) is 0 Å². The molecule has 0 radical (unpaired) electrons. The smallest absolute Gasteiger partial charge is 0.275 e. The van der Waals surface area contributed by atoms with Crippen molar-refractivity contribution in [2.24, 2.45) is 0 Å². The Morgan fingerprint density at radius 1 is 1.50 bits per heavy atom. The van der Waals surface area contributed by atoms with Crippen LogP contribution < -0.4 is 5.48 Å². The van der Waals surface area contributed by atoms with Gasteiger partial charge in [0, 0.05) is 6.07 Å². The third kappa shape index (κ3) is 2.53. The second-order valence-electron chi connectivity index (χ2n) is 2.41. The number of rotatable bonds is 5. The van der Waals surface area contributed by atoms with Crippen LogP contribution in [0.4, 0.5) is 5.69 Å². The summed E-state index contributed by atoms with van der Waals surface area (Å²) in [6.07, 6.45) is 0.356. The largest absolute Gasteiger partial charge is 0.277 e. The molecule has 1 amide bonds. The highest BCUT2D eigenvalue weighted by Crippen LogP contribution is 2.17. The predicted octanol–water partition coefficient (Wildman–Crippen LogP) is 0.772. The molecule has 0 aromatic heterocycles. The number of carbonyl (C=O) groups excluding carboxylic acids is 1. The molecule has 0 saturated carbocycles. The van der Waals surface area contributed by atoms with E-state index in [4.69, 9.17) is 0 Å². The van der Waals surface area contributed by atoms with Crippen molar-refractivity contribution in [1.29, 1.82) is 0 Å². The second-order valence-corrected chi connectivity index (χ2v) is 2.41. The van der Waals surface area contributed by atoms with E-state index in [2.05, 4.69) is 4.84 Å². The molecule has 0 heterocycles. The third-order valence-corrected chi connectivity index (χ3v) is 1.55. The lowest BCUT2D eigenvalue weighted by Crippen LogP contribution is -2.11. The summed E-state index contributed by atoms with van der Waals surface area (Å²) in [6, 6.07) is 6.16. The maximum Gasteiger partial charge on any atom is 0.275 e. The standard InChI is InChI=1S/C8H8N2O4/c11-6-9-14-5-7-3-1-2-4-8(7)10(12)13/h1-4,6H,5H2,(H,9,11). The van der Waals surface area contributed by atoms with E-state index in [0.717, 1.165) is 0 Å². The fraction of sp³-hybridized carbons (Fsp3) is 0.125. The first kappa shape index (κ1) is 10.1. The van der Waals surface area contributed by atoms with Crippen molar-refractivity contribution in [2.45, 2.75) is 6.61 Å². The molecule has 14 heavy (non-hydrogen) atoms. The van der Waals surface area contributed by atoms with Crippen LogP contribution in [0.3, 0.4) is 0 Å². The van der Waals surface area contributed by atoms with Gasteiger partial charge in [-0.2, -0.15) is 0 Å². The summed E-state index contributed by atoms with van der Waals surface area (Å²) < 4.78 is 0. The normalized spacial score (nSPS) is 9.43. The van der Waals surface area contributed by atoms with Crippen LogP contribution >= 0.6 is 0 Å². The molecule has 0 aliphatic heterocycles. The molecule has 0 spiro atoms. The molecule has 6 nitrogen and oxygen atoms in total. The van der Waals surface area contributed by atoms with Gasteiger partial charge in [0.15, 0.2) is 0 Å². The Kier molecular flexibility index (Phi) is 3.57. The number of nitrogens with one attached hydrogen (secondary N) is 1. The Morgan fingerprint density at radius 2 is 2.21 bits per heavy atom. The van der Waals surface area contributed by atoms with Crippen molar-refractivity contribution in [3.8, 4) is 0 Å². The third-order valence-electron chi connectivity index (χ3n) is 1.55. The minimum absolute atomic E-state index is 0.0276. The van der Waals surface area contributed by atoms with Crippen molar-refractivity contribution in [3.63, 3.8) is 0 Å². The van der Waals surface area contributed by atoms with E-state index in [1.165, 1.54) is 6.07 Å². The summed E-state index contributed by atoms with van der Waals surface area (Å²) in [4.78, 5) is 24.5. The van der Waals surface area contributed by atoms with Crippen LogP contribution in [0.25, 0.3) is 0 Å². The van der Waals surface area contributed by atoms with E-state index >= 15 is 0 Å². The topological polar surface area (TPSA) is 81.5 Å². The van der Waals surface area contributed by atoms with Gasteiger partial charge < -0.3 is 0 Å². The summed E-state index contributed by atoms with van der Waals surface area (Å²) in [7, 11) is 0. The van der Waals surface area contributed by atoms with E-state index < -0.39 is 4.92 Å². The number of nitro benzene ring substituents is 1. The summed E-state index contributed by atoms with van der Waals surface area (Å²) in [5.41, 5.74) is 2.34. The maximum atomic E-state index is 10.5. The highest BCUT2D eigenvalue weighted by Gasteiger charge is 2.11. The molecule has 0 saturated heterocycles. The van der Waals surface area contributed by atoms with Crippen molar-refractivity contribution >= 4 is 12.1 Å². The lowest BCUT2D eigenvalue weighted by atomic mass is 10.2. The fourth-order valence-electron chi connectivity index (χ4n) is 0.964. The van der Waals surface area contributed by atoms with E-state index in [1.807, 2.05) is 5.48 Å². The van der Waals surface area contributed by atoms with Gasteiger partial charge in [-0.3, -0.25) is 19.7 Å². The summed E-state index contributed by atoms with van der Waals surface area (Å²) in [5, 5.41) is 10.5. The van der Waals surface area contributed by atoms with Crippen molar-refractivity contribution in [1.82, 2.24) is 5.48 Å².